The summed E-state index contributed by atoms with van der Waals surface area (Å²) in [6, 6.07) is 0. The summed E-state index contributed by atoms with van der Waals surface area (Å²) in [6.45, 7) is 16.5. The maximum absolute atomic E-state index is 12.6. The molecule has 0 aliphatic rings. The van der Waals surface area contributed by atoms with Crippen LogP contribution >= 0.6 is 0 Å². The van der Waals surface area contributed by atoms with Gasteiger partial charge in [0.1, 0.15) is 6.10 Å². The van der Waals surface area contributed by atoms with Crippen molar-refractivity contribution in [1.82, 2.24) is 0 Å². The lowest BCUT2D eigenvalue weighted by atomic mass is 9.61. The number of ether oxygens (including phenoxy) is 1. The van der Waals surface area contributed by atoms with Gasteiger partial charge in [-0.2, -0.15) is 0 Å². The van der Waals surface area contributed by atoms with Crippen LogP contribution in [-0.4, -0.2) is 23.8 Å². The maximum atomic E-state index is 12.6. The number of esters is 1. The van der Waals surface area contributed by atoms with Crippen LogP contribution in [0, 0.1) is 16.2 Å². The first-order valence-electron chi connectivity index (χ1n) is 7.15. The predicted octanol–water partition coefficient (Wildman–Crippen LogP) is 3.79. The highest BCUT2D eigenvalue weighted by molar-refractivity contribution is 5.77. The molecule has 114 valence electrons. The van der Waals surface area contributed by atoms with E-state index in [4.69, 9.17) is 9.84 Å². The summed E-state index contributed by atoms with van der Waals surface area (Å²) < 4.78 is 5.53. The molecule has 19 heavy (non-hydrogen) atoms. The fraction of sp³-hybridized carbons (Fsp3) is 0.938. The normalized spacial score (nSPS) is 17.7. The number of rotatable bonds is 5. The van der Waals surface area contributed by atoms with Gasteiger partial charge in [0.05, 0.1) is 5.41 Å². The van der Waals surface area contributed by atoms with Crippen LogP contribution in [0.2, 0.25) is 0 Å². The van der Waals surface area contributed by atoms with E-state index in [-0.39, 0.29) is 29.5 Å². The zero-order chi connectivity index (χ0) is 15.5. The number of hydrogen-bond donors (Lipinski definition) is 1. The summed E-state index contributed by atoms with van der Waals surface area (Å²) in [7, 11) is 0. The van der Waals surface area contributed by atoms with Gasteiger partial charge in [-0.3, -0.25) is 4.79 Å². The summed E-state index contributed by atoms with van der Waals surface area (Å²) in [5.74, 6) is -0.157. The number of aliphatic hydroxyl groups excluding tert-OH is 1. The molecule has 0 fully saturated rings. The lowest BCUT2D eigenvalue weighted by molar-refractivity contribution is -0.170. The van der Waals surface area contributed by atoms with E-state index in [9.17, 15) is 4.79 Å². The third-order valence-electron chi connectivity index (χ3n) is 3.83. The Bertz CT molecular complexity index is 296. The van der Waals surface area contributed by atoms with E-state index in [0.29, 0.717) is 6.42 Å². The third-order valence-corrected chi connectivity index (χ3v) is 3.83. The smallest absolute Gasteiger partial charge is 0.312 e. The molecule has 0 heterocycles. The molecule has 0 aromatic carbocycles. The van der Waals surface area contributed by atoms with E-state index < -0.39 is 5.41 Å². The second-order valence-electron chi connectivity index (χ2n) is 8.05. The Labute approximate surface area is 118 Å². The first kappa shape index (κ1) is 18.4. The molecule has 0 radical (unpaired) electrons. The number of aliphatic hydroxyl groups is 1. The van der Waals surface area contributed by atoms with Crippen LogP contribution in [-0.2, 0) is 9.53 Å². The first-order valence-corrected chi connectivity index (χ1v) is 7.15. The fourth-order valence-corrected chi connectivity index (χ4v) is 2.26. The van der Waals surface area contributed by atoms with Gasteiger partial charge in [-0.25, -0.2) is 0 Å². The van der Waals surface area contributed by atoms with E-state index in [1.54, 1.807) is 0 Å². The number of hydrogen-bond acceptors (Lipinski definition) is 3. The average Bonchev–Trinajstić information content (AvgIpc) is 2.12. The van der Waals surface area contributed by atoms with Crippen LogP contribution < -0.4 is 0 Å². The van der Waals surface area contributed by atoms with Crippen LogP contribution in [0.4, 0.5) is 0 Å². The minimum atomic E-state index is -0.533. The highest BCUT2D eigenvalue weighted by atomic mass is 16.5. The van der Waals surface area contributed by atoms with E-state index in [0.717, 1.165) is 6.42 Å². The Morgan fingerprint density at radius 2 is 1.58 bits per heavy atom. The van der Waals surface area contributed by atoms with Crippen LogP contribution in [0.3, 0.4) is 0 Å². The Balaban J connectivity index is 5.11. The number of carbonyl (C=O) groups excluding carboxylic acids is 1. The molecule has 0 aromatic rings. The molecule has 0 bridgehead atoms. The molecular weight excluding hydrogens is 240 g/mol. The van der Waals surface area contributed by atoms with Crippen molar-refractivity contribution in [2.24, 2.45) is 16.2 Å². The van der Waals surface area contributed by atoms with Gasteiger partial charge in [0, 0.05) is 13.0 Å². The summed E-state index contributed by atoms with van der Waals surface area (Å²) in [5, 5.41) is 8.91. The van der Waals surface area contributed by atoms with Gasteiger partial charge in [0.25, 0.3) is 0 Å². The molecule has 0 spiro atoms. The molecule has 1 N–H and O–H groups in total. The van der Waals surface area contributed by atoms with Gasteiger partial charge >= 0.3 is 5.97 Å². The van der Waals surface area contributed by atoms with Crippen molar-refractivity contribution in [1.29, 1.82) is 0 Å². The third kappa shape index (κ3) is 5.52. The van der Waals surface area contributed by atoms with Crippen LogP contribution in [0.5, 0.6) is 0 Å². The SMILES string of the molecule is CC(CCO)OC(=O)C(C)(CC(C)(C)C)C(C)(C)C. The molecule has 0 saturated heterocycles. The summed E-state index contributed by atoms with van der Waals surface area (Å²) in [4.78, 5) is 12.6. The van der Waals surface area contributed by atoms with E-state index >= 15 is 0 Å². The van der Waals surface area contributed by atoms with Gasteiger partial charge in [-0.1, -0.05) is 41.5 Å². The van der Waals surface area contributed by atoms with Crippen molar-refractivity contribution in [3.8, 4) is 0 Å². The molecule has 0 amide bonds. The largest absolute Gasteiger partial charge is 0.462 e. The zero-order valence-corrected chi connectivity index (χ0v) is 14.0. The Hall–Kier alpha value is -0.570. The monoisotopic (exact) mass is 272 g/mol. The lowest BCUT2D eigenvalue weighted by Crippen LogP contribution is -2.45. The first-order chi connectivity index (χ1) is 8.33. The summed E-state index contributed by atoms with van der Waals surface area (Å²) >= 11 is 0. The molecule has 3 nitrogen and oxygen atoms in total. The lowest BCUT2D eigenvalue weighted by Gasteiger charge is -2.43. The summed E-state index contributed by atoms with van der Waals surface area (Å²) in [6.07, 6.45) is 1.02. The molecule has 2 atom stereocenters. The van der Waals surface area contributed by atoms with Gasteiger partial charge in [-0.05, 0) is 31.1 Å². The Kier molecular flexibility index (Phi) is 6.07. The van der Waals surface area contributed by atoms with Gasteiger partial charge in [0.15, 0.2) is 0 Å². The van der Waals surface area contributed by atoms with Crippen LogP contribution in [0.15, 0.2) is 0 Å². The molecule has 3 heteroatoms. The minimum absolute atomic E-state index is 0.0416. The van der Waals surface area contributed by atoms with Crippen molar-refractivity contribution < 1.29 is 14.6 Å². The highest BCUT2D eigenvalue weighted by Crippen LogP contribution is 2.47. The van der Waals surface area contributed by atoms with Crippen LogP contribution in [0.1, 0.15) is 68.2 Å². The summed E-state index contributed by atoms with van der Waals surface area (Å²) in [5.41, 5.74) is -0.646. The molecule has 0 saturated carbocycles. The Morgan fingerprint density at radius 3 is 1.89 bits per heavy atom. The van der Waals surface area contributed by atoms with E-state index in [1.165, 1.54) is 0 Å². The standard InChI is InChI=1S/C16H32O3/c1-12(9-10-17)19-13(18)16(8,15(5,6)7)11-14(2,3)4/h12,17H,9-11H2,1-8H3. The second kappa shape index (κ2) is 6.25. The zero-order valence-electron chi connectivity index (χ0n) is 14.0. The fourth-order valence-electron chi connectivity index (χ4n) is 2.26. The number of carbonyl (C=O) groups is 1. The average molecular weight is 272 g/mol. The quantitative estimate of drug-likeness (QED) is 0.775. The molecule has 2 unspecified atom stereocenters. The topological polar surface area (TPSA) is 46.5 Å². The van der Waals surface area contributed by atoms with Crippen molar-refractivity contribution in [2.45, 2.75) is 74.3 Å². The molecule has 0 rings (SSSR count). The Morgan fingerprint density at radius 1 is 1.11 bits per heavy atom. The molecular formula is C16H32O3. The molecule has 0 aliphatic carbocycles. The van der Waals surface area contributed by atoms with Crippen molar-refractivity contribution in [2.75, 3.05) is 6.61 Å². The highest BCUT2D eigenvalue weighted by Gasteiger charge is 2.48. The van der Waals surface area contributed by atoms with E-state index in [2.05, 4.69) is 41.5 Å². The van der Waals surface area contributed by atoms with Gasteiger partial charge in [-0.15, -0.1) is 0 Å². The maximum Gasteiger partial charge on any atom is 0.312 e. The molecule has 0 aromatic heterocycles. The van der Waals surface area contributed by atoms with Crippen LogP contribution in [0.25, 0.3) is 0 Å². The molecule has 0 aliphatic heterocycles. The van der Waals surface area contributed by atoms with Crippen molar-refractivity contribution >= 4 is 5.97 Å². The second-order valence-corrected chi connectivity index (χ2v) is 8.05. The van der Waals surface area contributed by atoms with Gasteiger partial charge in [0.2, 0.25) is 0 Å². The van der Waals surface area contributed by atoms with Crippen molar-refractivity contribution in [3.63, 3.8) is 0 Å². The predicted molar refractivity (Wildman–Crippen MR) is 78.9 cm³/mol. The minimum Gasteiger partial charge on any atom is -0.462 e. The van der Waals surface area contributed by atoms with Gasteiger partial charge < -0.3 is 9.84 Å². The van der Waals surface area contributed by atoms with E-state index in [1.807, 2.05) is 13.8 Å². The van der Waals surface area contributed by atoms with Crippen molar-refractivity contribution in [3.05, 3.63) is 0 Å².